The number of nitriles is 1. The lowest BCUT2D eigenvalue weighted by Crippen LogP contribution is -2.48. The molecule has 1 aliphatic carbocycles. The molecule has 2 aliphatic rings. The summed E-state index contributed by atoms with van der Waals surface area (Å²) in [5.74, 6) is 1.64. The van der Waals surface area contributed by atoms with Crippen LogP contribution in [0.15, 0.2) is 35.0 Å². The fourth-order valence-electron chi connectivity index (χ4n) is 4.58. The molecular weight excluding hydrogens is 320 g/mol. The van der Waals surface area contributed by atoms with Crippen molar-refractivity contribution in [3.63, 3.8) is 0 Å². The van der Waals surface area contributed by atoms with Crippen molar-refractivity contribution in [2.45, 2.75) is 50.1 Å². The van der Waals surface area contributed by atoms with Crippen LogP contribution < -0.4 is 5.32 Å². The van der Waals surface area contributed by atoms with Crippen molar-refractivity contribution in [3.05, 3.63) is 44.8 Å². The Morgan fingerprint density at radius 2 is 1.91 bits per heavy atom. The van der Waals surface area contributed by atoms with Crippen LogP contribution in [-0.4, -0.2) is 12.1 Å². The van der Waals surface area contributed by atoms with E-state index in [9.17, 15) is 5.26 Å². The fraction of sp³-hybridized carbons (Fsp3) is 0.526. The molecule has 2 fully saturated rings. The summed E-state index contributed by atoms with van der Waals surface area (Å²) in [5.41, 5.74) is -0.486. The molecule has 4 atom stereocenters. The molecule has 4 rings (SSSR count). The Morgan fingerprint density at radius 3 is 2.43 bits per heavy atom. The van der Waals surface area contributed by atoms with Crippen LogP contribution in [0.5, 0.6) is 0 Å². The molecule has 3 heterocycles. The third-order valence-electron chi connectivity index (χ3n) is 5.89. The van der Waals surface area contributed by atoms with E-state index in [0.717, 1.165) is 18.3 Å². The summed E-state index contributed by atoms with van der Waals surface area (Å²) in [6, 6.07) is 12.2. The lowest BCUT2D eigenvalue weighted by molar-refractivity contribution is 0.211. The summed E-state index contributed by atoms with van der Waals surface area (Å²) in [7, 11) is 0. The first-order valence-electron chi connectivity index (χ1n) is 8.48. The second-order valence-electron chi connectivity index (χ2n) is 7.08. The lowest BCUT2D eigenvalue weighted by Gasteiger charge is -2.38. The average Bonchev–Trinajstić information content (AvgIpc) is 3.29. The van der Waals surface area contributed by atoms with Crippen LogP contribution in [-0.2, 0) is 5.41 Å². The van der Waals surface area contributed by atoms with Crippen molar-refractivity contribution in [2.75, 3.05) is 0 Å². The molecule has 0 radical (unpaired) electrons. The van der Waals surface area contributed by atoms with Gasteiger partial charge < -0.3 is 5.32 Å². The van der Waals surface area contributed by atoms with E-state index in [1.165, 1.54) is 29.0 Å². The summed E-state index contributed by atoms with van der Waals surface area (Å²) < 4.78 is 0. The SMILES string of the molecule is CC1C2CCC1NC(CC(C#N)(c1cccs1)c1cccs1)C2. The zero-order valence-electron chi connectivity index (χ0n) is 13.4. The Balaban J connectivity index is 1.66. The molecule has 1 aliphatic heterocycles. The van der Waals surface area contributed by atoms with Gasteiger partial charge in [0.05, 0.1) is 6.07 Å². The standard InChI is InChI=1S/C19H22N2S2/c1-13-14-6-7-16(13)21-15(10-14)11-19(12-20,17-4-2-8-22-17)18-5-3-9-23-18/h2-5,8-9,13-16,21H,6-7,10-11H2,1H3. The van der Waals surface area contributed by atoms with E-state index in [4.69, 9.17) is 0 Å². The Kier molecular flexibility index (Phi) is 4.05. The average molecular weight is 343 g/mol. The van der Waals surface area contributed by atoms with E-state index in [1.807, 2.05) is 0 Å². The Morgan fingerprint density at radius 1 is 1.22 bits per heavy atom. The minimum atomic E-state index is -0.486. The Bertz CT molecular complexity index is 635. The molecular formula is C19H22N2S2. The molecule has 0 aromatic carbocycles. The molecule has 2 aromatic rings. The number of fused-ring (bicyclic) bond motifs is 2. The van der Waals surface area contributed by atoms with E-state index in [1.54, 1.807) is 22.7 Å². The van der Waals surface area contributed by atoms with Crippen LogP contribution in [0.25, 0.3) is 0 Å². The van der Waals surface area contributed by atoms with Gasteiger partial charge in [-0.1, -0.05) is 19.1 Å². The van der Waals surface area contributed by atoms with Gasteiger partial charge in [-0.2, -0.15) is 5.26 Å². The smallest absolute Gasteiger partial charge is 0.127 e. The Labute approximate surface area is 146 Å². The molecule has 0 spiro atoms. The van der Waals surface area contributed by atoms with Gasteiger partial charge in [0.2, 0.25) is 0 Å². The number of thiophene rings is 2. The number of nitrogens with zero attached hydrogens (tertiary/aromatic N) is 1. The van der Waals surface area contributed by atoms with Gasteiger partial charge in [-0.3, -0.25) is 0 Å². The normalized spacial score (nSPS) is 30.3. The molecule has 2 bridgehead atoms. The topological polar surface area (TPSA) is 35.8 Å². The maximum atomic E-state index is 10.2. The monoisotopic (exact) mass is 342 g/mol. The van der Waals surface area contributed by atoms with Crippen molar-refractivity contribution in [1.29, 1.82) is 5.26 Å². The molecule has 120 valence electrons. The largest absolute Gasteiger partial charge is 0.311 e. The second-order valence-corrected chi connectivity index (χ2v) is 8.97. The summed E-state index contributed by atoms with van der Waals surface area (Å²) in [6.45, 7) is 2.39. The number of piperidine rings is 1. The summed E-state index contributed by atoms with van der Waals surface area (Å²) in [6.07, 6.45) is 4.77. The number of hydrogen-bond acceptors (Lipinski definition) is 4. The van der Waals surface area contributed by atoms with E-state index >= 15 is 0 Å². The predicted molar refractivity (Wildman–Crippen MR) is 96.9 cm³/mol. The van der Waals surface area contributed by atoms with Crippen molar-refractivity contribution < 1.29 is 0 Å². The molecule has 1 saturated carbocycles. The summed E-state index contributed by atoms with van der Waals surface area (Å²) in [5, 5.41) is 18.2. The van der Waals surface area contributed by atoms with Gasteiger partial charge in [-0.25, -0.2) is 0 Å². The van der Waals surface area contributed by atoms with Gasteiger partial charge in [0.15, 0.2) is 0 Å². The predicted octanol–water partition coefficient (Wildman–Crippen LogP) is 4.79. The van der Waals surface area contributed by atoms with Gasteiger partial charge in [-0.05, 0) is 60.4 Å². The lowest BCUT2D eigenvalue weighted by atomic mass is 9.75. The quantitative estimate of drug-likeness (QED) is 0.867. The van der Waals surface area contributed by atoms with E-state index in [0.29, 0.717) is 12.1 Å². The zero-order chi connectivity index (χ0) is 15.9. The number of nitrogens with one attached hydrogen (secondary N) is 1. The first-order chi connectivity index (χ1) is 11.2. The molecule has 1 N–H and O–H groups in total. The van der Waals surface area contributed by atoms with Crippen LogP contribution in [0, 0.1) is 23.2 Å². The zero-order valence-corrected chi connectivity index (χ0v) is 15.0. The molecule has 2 nitrogen and oxygen atoms in total. The van der Waals surface area contributed by atoms with Gasteiger partial charge in [0.25, 0.3) is 0 Å². The van der Waals surface area contributed by atoms with Crippen molar-refractivity contribution in [2.24, 2.45) is 11.8 Å². The molecule has 4 heteroatoms. The summed E-state index contributed by atoms with van der Waals surface area (Å²) in [4.78, 5) is 2.38. The molecule has 23 heavy (non-hydrogen) atoms. The third kappa shape index (κ3) is 2.55. The highest BCUT2D eigenvalue weighted by atomic mass is 32.1. The van der Waals surface area contributed by atoms with Crippen molar-refractivity contribution >= 4 is 22.7 Å². The van der Waals surface area contributed by atoms with E-state index in [-0.39, 0.29) is 0 Å². The fourth-order valence-corrected chi connectivity index (χ4v) is 6.45. The maximum Gasteiger partial charge on any atom is 0.127 e. The molecule has 0 amide bonds. The number of rotatable bonds is 4. The highest BCUT2D eigenvalue weighted by Gasteiger charge is 2.45. The van der Waals surface area contributed by atoms with Crippen molar-refractivity contribution in [1.82, 2.24) is 5.32 Å². The van der Waals surface area contributed by atoms with Gasteiger partial charge >= 0.3 is 0 Å². The van der Waals surface area contributed by atoms with Crippen LogP contribution in [0.1, 0.15) is 42.4 Å². The summed E-state index contributed by atoms with van der Waals surface area (Å²) >= 11 is 3.43. The van der Waals surface area contributed by atoms with Crippen LogP contribution >= 0.6 is 22.7 Å². The highest BCUT2D eigenvalue weighted by Crippen LogP contribution is 2.45. The Hall–Kier alpha value is -1.15. The number of hydrogen-bond donors (Lipinski definition) is 1. The minimum Gasteiger partial charge on any atom is -0.311 e. The highest BCUT2D eigenvalue weighted by molar-refractivity contribution is 7.11. The van der Waals surface area contributed by atoms with Gasteiger partial charge in [0.1, 0.15) is 5.41 Å². The van der Waals surface area contributed by atoms with Gasteiger partial charge in [-0.15, -0.1) is 22.7 Å². The second kappa shape index (κ2) is 6.05. The molecule has 1 saturated heterocycles. The first-order valence-corrected chi connectivity index (χ1v) is 10.2. The van der Waals surface area contributed by atoms with Crippen LogP contribution in [0.4, 0.5) is 0 Å². The first kappa shape index (κ1) is 15.4. The van der Waals surface area contributed by atoms with E-state index < -0.39 is 5.41 Å². The van der Waals surface area contributed by atoms with Crippen LogP contribution in [0.3, 0.4) is 0 Å². The van der Waals surface area contributed by atoms with Gasteiger partial charge in [0, 0.05) is 21.8 Å². The maximum absolute atomic E-state index is 10.2. The van der Waals surface area contributed by atoms with E-state index in [2.05, 4.69) is 53.3 Å². The third-order valence-corrected chi connectivity index (χ3v) is 7.95. The van der Waals surface area contributed by atoms with Crippen molar-refractivity contribution in [3.8, 4) is 6.07 Å². The molecule has 2 aromatic heterocycles. The minimum absolute atomic E-state index is 0.451. The molecule has 4 unspecified atom stereocenters. The van der Waals surface area contributed by atoms with Crippen LogP contribution in [0.2, 0.25) is 0 Å².